The second kappa shape index (κ2) is 7.11. The maximum atomic E-state index is 13.1. The molecular formula is C21H24NO3+. The fourth-order valence-electron chi connectivity index (χ4n) is 3.27. The van der Waals surface area contributed by atoms with Crippen molar-refractivity contribution < 1.29 is 14.4 Å². The van der Waals surface area contributed by atoms with Crippen LogP contribution >= 0.6 is 0 Å². The van der Waals surface area contributed by atoms with Gasteiger partial charge in [-0.3, -0.25) is 4.79 Å². The first-order chi connectivity index (χ1) is 12.1. The Labute approximate surface area is 147 Å². The first-order valence-electron chi connectivity index (χ1n) is 8.74. The van der Waals surface area contributed by atoms with Gasteiger partial charge in [-0.1, -0.05) is 30.3 Å². The van der Waals surface area contributed by atoms with Crippen LogP contribution in [0.5, 0.6) is 5.75 Å². The summed E-state index contributed by atoms with van der Waals surface area (Å²) in [6.45, 7) is 8.53. The number of rotatable bonds is 5. The van der Waals surface area contributed by atoms with Crippen LogP contribution in [0.4, 0.5) is 0 Å². The molecule has 0 unspecified atom stereocenters. The lowest BCUT2D eigenvalue weighted by Crippen LogP contribution is -3.10. The average molecular weight is 338 g/mol. The Morgan fingerprint density at radius 1 is 1.04 bits per heavy atom. The molecule has 0 fully saturated rings. The molecule has 1 heterocycles. The number of phenolic OH excluding ortho intramolecular Hbond substituents is 1. The summed E-state index contributed by atoms with van der Waals surface area (Å²) in [4.78, 5) is 14.4. The lowest BCUT2D eigenvalue weighted by Gasteiger charge is -2.17. The van der Waals surface area contributed by atoms with Crippen LogP contribution in [0, 0.1) is 6.92 Å². The zero-order valence-corrected chi connectivity index (χ0v) is 14.9. The van der Waals surface area contributed by atoms with E-state index in [0.29, 0.717) is 34.4 Å². The van der Waals surface area contributed by atoms with Crippen molar-refractivity contribution in [2.45, 2.75) is 27.3 Å². The van der Waals surface area contributed by atoms with Gasteiger partial charge in [0.05, 0.1) is 29.6 Å². The minimum Gasteiger partial charge on any atom is -0.507 e. The number of hydrogen-bond donors (Lipinski definition) is 2. The van der Waals surface area contributed by atoms with E-state index in [4.69, 9.17) is 4.42 Å². The molecule has 4 nitrogen and oxygen atoms in total. The summed E-state index contributed by atoms with van der Waals surface area (Å²) in [5.41, 5.74) is 2.58. The van der Waals surface area contributed by atoms with Crippen molar-refractivity contribution in [3.63, 3.8) is 0 Å². The summed E-state index contributed by atoms with van der Waals surface area (Å²) in [5, 5.41) is 10.9. The van der Waals surface area contributed by atoms with Gasteiger partial charge in [0.25, 0.3) is 0 Å². The number of fused-ring (bicyclic) bond motifs is 1. The SMILES string of the molecule is CC[NH+](CC)Cc1c(O)ccc2c(=O)c(-c3ccccc3)c(C)oc12. The van der Waals surface area contributed by atoms with Crippen molar-refractivity contribution in [1.29, 1.82) is 0 Å². The van der Waals surface area contributed by atoms with Crippen LogP contribution in [0.1, 0.15) is 25.2 Å². The van der Waals surface area contributed by atoms with Gasteiger partial charge in [-0.25, -0.2) is 0 Å². The highest BCUT2D eigenvalue weighted by molar-refractivity contribution is 5.86. The molecule has 3 rings (SSSR count). The van der Waals surface area contributed by atoms with Crippen LogP contribution in [0.2, 0.25) is 0 Å². The van der Waals surface area contributed by atoms with Crippen LogP contribution < -0.4 is 10.3 Å². The Bertz CT molecular complexity index is 941. The lowest BCUT2D eigenvalue weighted by molar-refractivity contribution is -0.910. The Balaban J connectivity index is 2.25. The molecule has 0 amide bonds. The van der Waals surface area contributed by atoms with E-state index in [1.165, 1.54) is 4.90 Å². The number of phenols is 1. The van der Waals surface area contributed by atoms with E-state index < -0.39 is 0 Å². The standard InChI is InChI=1S/C21H23NO3/c1-4-22(5-2)13-17-18(23)12-11-16-20(24)19(14(3)25-21(16)17)15-9-7-6-8-10-15/h6-12,23H,4-5,13H2,1-3H3/p+1. The van der Waals surface area contributed by atoms with E-state index in [-0.39, 0.29) is 11.2 Å². The summed E-state index contributed by atoms with van der Waals surface area (Å²) in [5.74, 6) is 0.756. The van der Waals surface area contributed by atoms with E-state index >= 15 is 0 Å². The Morgan fingerprint density at radius 2 is 1.72 bits per heavy atom. The zero-order valence-electron chi connectivity index (χ0n) is 14.9. The van der Waals surface area contributed by atoms with Gasteiger partial charge < -0.3 is 14.4 Å². The molecule has 130 valence electrons. The lowest BCUT2D eigenvalue weighted by atomic mass is 10.0. The fraction of sp³-hybridized carbons (Fsp3) is 0.286. The van der Waals surface area contributed by atoms with Crippen molar-refractivity contribution in [3.8, 4) is 16.9 Å². The highest BCUT2D eigenvalue weighted by Crippen LogP contribution is 2.29. The van der Waals surface area contributed by atoms with Crippen molar-refractivity contribution in [2.24, 2.45) is 0 Å². The Morgan fingerprint density at radius 3 is 2.36 bits per heavy atom. The highest BCUT2D eigenvalue weighted by atomic mass is 16.3. The van der Waals surface area contributed by atoms with Crippen molar-refractivity contribution >= 4 is 11.0 Å². The third-order valence-corrected chi connectivity index (χ3v) is 4.80. The molecule has 3 aromatic rings. The topological polar surface area (TPSA) is 54.9 Å². The van der Waals surface area contributed by atoms with Gasteiger partial charge >= 0.3 is 0 Å². The molecule has 1 aromatic heterocycles. The van der Waals surface area contributed by atoms with Crippen LogP contribution in [0.15, 0.2) is 51.7 Å². The van der Waals surface area contributed by atoms with Gasteiger partial charge in [0.15, 0.2) is 5.58 Å². The summed E-state index contributed by atoms with van der Waals surface area (Å²) in [6.07, 6.45) is 0. The average Bonchev–Trinajstić information content (AvgIpc) is 2.62. The Kier molecular flexibility index (Phi) is 4.91. The molecule has 0 radical (unpaired) electrons. The van der Waals surface area contributed by atoms with Gasteiger partial charge in [-0.2, -0.15) is 0 Å². The summed E-state index contributed by atoms with van der Waals surface area (Å²) in [6, 6.07) is 12.8. The third kappa shape index (κ3) is 3.17. The summed E-state index contributed by atoms with van der Waals surface area (Å²) in [7, 11) is 0. The molecular weight excluding hydrogens is 314 g/mol. The second-order valence-corrected chi connectivity index (χ2v) is 6.30. The number of aryl methyl sites for hydroxylation is 1. The van der Waals surface area contributed by atoms with E-state index in [2.05, 4.69) is 13.8 Å². The van der Waals surface area contributed by atoms with Gasteiger partial charge in [0.2, 0.25) is 5.43 Å². The quantitative estimate of drug-likeness (QED) is 0.752. The van der Waals surface area contributed by atoms with Crippen molar-refractivity contribution in [1.82, 2.24) is 0 Å². The minimum atomic E-state index is -0.0549. The first kappa shape index (κ1) is 17.2. The number of aromatic hydroxyl groups is 1. The van der Waals surface area contributed by atoms with E-state index in [0.717, 1.165) is 18.7 Å². The first-order valence-corrected chi connectivity index (χ1v) is 8.74. The van der Waals surface area contributed by atoms with Crippen LogP contribution in [-0.4, -0.2) is 18.2 Å². The molecule has 4 heteroatoms. The van der Waals surface area contributed by atoms with Gasteiger partial charge in [0.1, 0.15) is 18.1 Å². The minimum absolute atomic E-state index is 0.0549. The van der Waals surface area contributed by atoms with E-state index in [9.17, 15) is 9.90 Å². The maximum absolute atomic E-state index is 13.1. The molecule has 0 aliphatic carbocycles. The molecule has 0 aliphatic heterocycles. The number of nitrogens with one attached hydrogen (secondary N) is 1. The van der Waals surface area contributed by atoms with Crippen molar-refractivity contribution in [3.05, 3.63) is 64.0 Å². The van der Waals surface area contributed by atoms with Gasteiger partial charge in [-0.15, -0.1) is 0 Å². The van der Waals surface area contributed by atoms with Gasteiger partial charge in [-0.05, 0) is 38.5 Å². The summed E-state index contributed by atoms with van der Waals surface area (Å²) < 4.78 is 6.06. The molecule has 2 aromatic carbocycles. The van der Waals surface area contributed by atoms with Gasteiger partial charge in [0, 0.05) is 0 Å². The predicted octanol–water partition coefficient (Wildman–Crippen LogP) is 2.90. The normalized spacial score (nSPS) is 11.4. The van der Waals surface area contributed by atoms with E-state index in [1.807, 2.05) is 30.3 Å². The molecule has 0 aliphatic rings. The largest absolute Gasteiger partial charge is 0.507 e. The summed E-state index contributed by atoms with van der Waals surface area (Å²) >= 11 is 0. The second-order valence-electron chi connectivity index (χ2n) is 6.30. The molecule has 0 saturated carbocycles. The van der Waals surface area contributed by atoms with E-state index in [1.54, 1.807) is 19.1 Å². The monoisotopic (exact) mass is 338 g/mol. The molecule has 0 spiro atoms. The molecule has 0 saturated heterocycles. The number of benzene rings is 2. The fourth-order valence-corrected chi connectivity index (χ4v) is 3.27. The van der Waals surface area contributed by atoms with Crippen LogP contribution in [0.3, 0.4) is 0 Å². The highest BCUT2D eigenvalue weighted by Gasteiger charge is 2.20. The predicted molar refractivity (Wildman–Crippen MR) is 100 cm³/mol. The molecule has 0 atom stereocenters. The number of quaternary nitrogens is 1. The van der Waals surface area contributed by atoms with Crippen LogP contribution in [0.25, 0.3) is 22.1 Å². The maximum Gasteiger partial charge on any atom is 0.200 e. The zero-order chi connectivity index (χ0) is 18.0. The number of hydrogen-bond acceptors (Lipinski definition) is 3. The van der Waals surface area contributed by atoms with Crippen molar-refractivity contribution in [2.75, 3.05) is 13.1 Å². The molecule has 25 heavy (non-hydrogen) atoms. The smallest absolute Gasteiger partial charge is 0.200 e. The van der Waals surface area contributed by atoms with Crippen LogP contribution in [-0.2, 0) is 6.54 Å². The molecule has 0 bridgehead atoms. The third-order valence-electron chi connectivity index (χ3n) is 4.80. The molecule has 2 N–H and O–H groups in total. The Hall–Kier alpha value is -2.59.